The number of halogens is 2. The fraction of sp³-hybridized carbons (Fsp3) is 0. The summed E-state index contributed by atoms with van der Waals surface area (Å²) in [4.78, 5) is 18.3. The molecule has 255 valence electrons. The number of hydrogen-bond donors (Lipinski definition) is 1. The second-order valence-electron chi connectivity index (χ2n) is 11.7. The third-order valence-electron chi connectivity index (χ3n) is 8.71. The van der Waals surface area contributed by atoms with Crippen LogP contribution in [0.25, 0.3) is 66.9 Å². The van der Waals surface area contributed by atoms with Crippen LogP contribution in [0.3, 0.4) is 0 Å². The van der Waals surface area contributed by atoms with Gasteiger partial charge in [-0.3, -0.25) is 18.3 Å². The molecule has 13 heteroatoms. The summed E-state index contributed by atoms with van der Waals surface area (Å²) in [6, 6.07) is 49.1. The van der Waals surface area contributed by atoms with E-state index in [1.165, 1.54) is 0 Å². The van der Waals surface area contributed by atoms with Crippen molar-refractivity contribution in [3.05, 3.63) is 168 Å². The first-order chi connectivity index (χ1) is 26.1. The van der Waals surface area contributed by atoms with Gasteiger partial charge in [0.1, 0.15) is 12.7 Å². The Balaban J connectivity index is 0.000000141. The average Bonchev–Trinajstić information content (AvgIpc) is 3.97. The summed E-state index contributed by atoms with van der Waals surface area (Å²) in [5.41, 5.74) is 12.4. The molecule has 0 aliphatic carbocycles. The summed E-state index contributed by atoms with van der Waals surface area (Å²) in [6.07, 6.45) is 3.76. The molecule has 0 amide bonds. The standard InChI is InChI=1S/C20H12Br2N4.C20H14N4.BHNS/c21-19-23-13-7-1-3-9-15(13)25(19)17-11-5-6-12-18(17)26-16-10-4-2-8-14(16)24-20(26)22;1-3-9-17-15(7-1)21-13-23(17)19-11-5-6-12-20(19)24-14-22-16-8-2-4-10-18(16)24;1-2-3/h1-12H;1-14H;3H. The zero-order chi connectivity index (χ0) is 36.3. The van der Waals surface area contributed by atoms with E-state index in [0.717, 1.165) is 76.4 Å². The van der Waals surface area contributed by atoms with Crippen molar-refractivity contribution in [1.82, 2.24) is 38.2 Å². The minimum Gasteiger partial charge on any atom is -0.297 e. The van der Waals surface area contributed by atoms with E-state index < -0.39 is 0 Å². The van der Waals surface area contributed by atoms with Crippen molar-refractivity contribution in [3.63, 3.8) is 0 Å². The average molecular weight is 836 g/mol. The molecule has 53 heavy (non-hydrogen) atoms. The van der Waals surface area contributed by atoms with Gasteiger partial charge in [-0.05, 0) is 105 Å². The summed E-state index contributed by atoms with van der Waals surface area (Å²) < 4.78 is 12.7. The predicted octanol–water partition coefficient (Wildman–Crippen LogP) is 10.4. The maximum atomic E-state index is 4.64. The summed E-state index contributed by atoms with van der Waals surface area (Å²) in [5, 5.41) is 0. The molecule has 0 bridgehead atoms. The number of thiol groups is 1. The number of hydrogen-bond acceptors (Lipinski definition) is 6. The third-order valence-corrected chi connectivity index (χ3v) is 9.78. The minimum absolute atomic E-state index is 0.770. The Kier molecular flexibility index (Phi) is 9.85. The number of benzene rings is 6. The van der Waals surface area contributed by atoms with Crippen LogP contribution in [0.2, 0.25) is 0 Å². The Morgan fingerprint density at radius 2 is 0.736 bits per heavy atom. The molecule has 1 radical (unpaired) electrons. The molecule has 4 heterocycles. The van der Waals surface area contributed by atoms with Gasteiger partial charge < -0.3 is 0 Å². The van der Waals surface area contributed by atoms with E-state index in [9.17, 15) is 0 Å². The summed E-state index contributed by atoms with van der Waals surface area (Å²) in [6.45, 7) is 0. The van der Waals surface area contributed by atoms with Crippen LogP contribution >= 0.6 is 44.7 Å². The summed E-state index contributed by atoms with van der Waals surface area (Å²) in [5.74, 6) is 0. The quantitative estimate of drug-likeness (QED) is 0.141. The number of rotatable bonds is 4. The number of fused-ring (bicyclic) bond motifs is 4. The summed E-state index contributed by atoms with van der Waals surface area (Å²) >= 11 is 10.4. The van der Waals surface area contributed by atoms with Gasteiger partial charge in [-0.2, -0.15) is 0 Å². The Morgan fingerprint density at radius 3 is 1.13 bits per heavy atom. The number of aromatic nitrogens is 8. The van der Waals surface area contributed by atoms with Gasteiger partial charge in [-0.25, -0.2) is 19.9 Å². The molecule has 0 fully saturated rings. The van der Waals surface area contributed by atoms with E-state index in [2.05, 4.69) is 143 Å². The van der Waals surface area contributed by atoms with Crippen LogP contribution in [0.4, 0.5) is 0 Å². The van der Waals surface area contributed by atoms with Crippen molar-refractivity contribution in [1.29, 1.82) is 0 Å². The van der Waals surface area contributed by atoms with Gasteiger partial charge in [0.15, 0.2) is 9.47 Å². The Labute approximate surface area is 327 Å². The second-order valence-corrected chi connectivity index (χ2v) is 13.4. The van der Waals surface area contributed by atoms with Crippen LogP contribution in [0, 0.1) is 0 Å². The van der Waals surface area contributed by atoms with E-state index in [4.69, 9.17) is 0 Å². The topological polar surface area (TPSA) is 83.6 Å². The molecular formula is C40H27BBr2N9S. The molecule has 0 aliphatic rings. The van der Waals surface area contributed by atoms with E-state index in [0.29, 0.717) is 0 Å². The Hall–Kier alpha value is -5.63. The second kappa shape index (κ2) is 15.2. The zero-order valence-electron chi connectivity index (χ0n) is 27.8. The molecule has 6 aromatic carbocycles. The van der Waals surface area contributed by atoms with Gasteiger partial charge in [0.2, 0.25) is 0 Å². The maximum Gasteiger partial charge on any atom is 0.100 e. The van der Waals surface area contributed by atoms with Gasteiger partial charge in [-0.15, -0.1) is 0 Å². The number of imidazole rings is 4. The van der Waals surface area contributed by atoms with Gasteiger partial charge in [0, 0.05) is 0 Å². The first-order valence-electron chi connectivity index (χ1n) is 16.4. The fourth-order valence-corrected chi connectivity index (χ4v) is 7.61. The van der Waals surface area contributed by atoms with Gasteiger partial charge in [0.05, 0.1) is 66.9 Å². The summed E-state index contributed by atoms with van der Waals surface area (Å²) in [7, 11) is 4.34. The minimum atomic E-state index is 0.770. The molecule has 0 saturated heterocycles. The van der Waals surface area contributed by atoms with Crippen molar-refractivity contribution in [3.8, 4) is 22.7 Å². The fourth-order valence-electron chi connectivity index (χ4n) is 6.47. The normalized spacial score (nSPS) is 11.0. The van der Waals surface area contributed by atoms with E-state index in [1.807, 2.05) is 110 Å². The smallest absolute Gasteiger partial charge is 0.100 e. The van der Waals surface area contributed by atoms with E-state index in [1.54, 1.807) is 0 Å². The van der Waals surface area contributed by atoms with Crippen LogP contribution in [0.1, 0.15) is 0 Å². The monoisotopic (exact) mass is 834 g/mol. The molecule has 4 aromatic heterocycles. The first kappa shape index (κ1) is 34.5. The van der Waals surface area contributed by atoms with Gasteiger partial charge in [-0.1, -0.05) is 72.8 Å². The van der Waals surface area contributed by atoms with Crippen molar-refractivity contribution in [2.75, 3.05) is 0 Å². The van der Waals surface area contributed by atoms with Crippen molar-refractivity contribution in [2.24, 2.45) is 4.30 Å². The van der Waals surface area contributed by atoms with Gasteiger partial charge >= 0.3 is 24.8 Å². The molecule has 0 N–H and O–H groups in total. The zero-order valence-corrected chi connectivity index (χ0v) is 31.9. The molecule has 0 aliphatic heterocycles. The SMILES string of the molecule is Brc1nc2ccccc2n1-c1ccccc1-n1c(Br)nc2ccccc21.[B]=NS.c1ccc(-n2cnc3ccccc32)c(-n2cnc3ccccc32)c1. The van der Waals surface area contributed by atoms with Crippen molar-refractivity contribution in [2.45, 2.75) is 0 Å². The molecular weight excluding hydrogens is 809 g/mol. The Bertz CT molecular complexity index is 2700. The molecule has 10 aromatic rings. The molecule has 10 rings (SSSR count). The molecule has 0 saturated carbocycles. The first-order valence-corrected chi connectivity index (χ1v) is 18.4. The van der Waals surface area contributed by atoms with E-state index in [-0.39, 0.29) is 0 Å². The largest absolute Gasteiger partial charge is 0.297 e. The van der Waals surface area contributed by atoms with Crippen molar-refractivity contribution >= 4 is 96.4 Å². The van der Waals surface area contributed by atoms with Crippen LogP contribution in [-0.4, -0.2) is 45.8 Å². The number of nitrogens with zero attached hydrogens (tertiary/aromatic N) is 9. The molecule has 0 unspecified atom stereocenters. The van der Waals surface area contributed by atoms with Crippen LogP contribution < -0.4 is 0 Å². The van der Waals surface area contributed by atoms with Crippen LogP contribution in [0.15, 0.2) is 172 Å². The third kappa shape index (κ3) is 6.52. The van der Waals surface area contributed by atoms with Crippen LogP contribution in [0.5, 0.6) is 0 Å². The van der Waals surface area contributed by atoms with Gasteiger partial charge in [0.25, 0.3) is 0 Å². The predicted molar refractivity (Wildman–Crippen MR) is 224 cm³/mol. The molecule has 9 nitrogen and oxygen atoms in total. The van der Waals surface area contributed by atoms with Crippen molar-refractivity contribution < 1.29 is 0 Å². The van der Waals surface area contributed by atoms with E-state index >= 15 is 0 Å². The number of para-hydroxylation sites is 12. The molecule has 0 spiro atoms. The molecule has 0 atom stereocenters. The van der Waals surface area contributed by atoms with Crippen LogP contribution in [-0.2, 0) is 0 Å². The Morgan fingerprint density at radius 1 is 0.434 bits per heavy atom. The maximum absolute atomic E-state index is 4.64.